The molecule has 2 fully saturated rings. The van der Waals surface area contributed by atoms with Crippen LogP contribution in [0, 0.1) is 0 Å². The highest BCUT2D eigenvalue weighted by Crippen LogP contribution is 2.11. The fraction of sp³-hybridized carbons (Fsp3) is 0.619. The summed E-state index contributed by atoms with van der Waals surface area (Å²) in [6, 6.07) is 9.64. The molecule has 7 nitrogen and oxygen atoms in total. The molecule has 154 valence electrons. The molecule has 0 saturated carbocycles. The summed E-state index contributed by atoms with van der Waals surface area (Å²) in [4.78, 5) is 30.8. The summed E-state index contributed by atoms with van der Waals surface area (Å²) in [5.74, 6) is 1.17. The summed E-state index contributed by atoms with van der Waals surface area (Å²) in [6.45, 7) is 7.17. The molecule has 2 amide bonds. The van der Waals surface area contributed by atoms with Gasteiger partial charge in [-0.25, -0.2) is 0 Å². The van der Waals surface area contributed by atoms with Crippen molar-refractivity contribution >= 4 is 11.8 Å². The van der Waals surface area contributed by atoms with Gasteiger partial charge >= 0.3 is 0 Å². The highest BCUT2D eigenvalue weighted by Gasteiger charge is 2.24. The molecule has 0 unspecified atom stereocenters. The van der Waals surface area contributed by atoms with E-state index in [1.165, 1.54) is 0 Å². The fourth-order valence-electron chi connectivity index (χ4n) is 3.53. The van der Waals surface area contributed by atoms with E-state index in [0.717, 1.165) is 38.6 Å². The molecule has 2 aliphatic heterocycles. The number of carbonyl (C=O) groups excluding carboxylic acids is 2. The van der Waals surface area contributed by atoms with E-state index in [9.17, 15) is 9.59 Å². The van der Waals surface area contributed by atoms with Crippen molar-refractivity contribution in [2.75, 3.05) is 65.6 Å². The van der Waals surface area contributed by atoms with Gasteiger partial charge in [-0.2, -0.15) is 0 Å². The first kappa shape index (κ1) is 20.6. The van der Waals surface area contributed by atoms with Gasteiger partial charge in [0, 0.05) is 58.7 Å². The molecule has 1 aromatic rings. The molecule has 0 aliphatic carbocycles. The van der Waals surface area contributed by atoms with Gasteiger partial charge in [0.15, 0.2) is 0 Å². The van der Waals surface area contributed by atoms with Gasteiger partial charge in [-0.3, -0.25) is 14.5 Å². The van der Waals surface area contributed by atoms with Crippen LogP contribution in [0.1, 0.15) is 19.3 Å². The molecule has 0 bridgehead atoms. The Morgan fingerprint density at radius 1 is 0.857 bits per heavy atom. The van der Waals surface area contributed by atoms with E-state index in [1.807, 2.05) is 40.1 Å². The lowest BCUT2D eigenvalue weighted by atomic mass is 10.2. The molecule has 2 aliphatic rings. The van der Waals surface area contributed by atoms with Gasteiger partial charge < -0.3 is 19.3 Å². The molecule has 28 heavy (non-hydrogen) atoms. The Morgan fingerprint density at radius 3 is 2.11 bits per heavy atom. The van der Waals surface area contributed by atoms with Crippen LogP contribution in [-0.2, 0) is 14.3 Å². The summed E-state index contributed by atoms with van der Waals surface area (Å²) in [5.41, 5.74) is 0. The van der Waals surface area contributed by atoms with Crippen LogP contribution in [0.15, 0.2) is 30.3 Å². The summed E-state index contributed by atoms with van der Waals surface area (Å²) >= 11 is 0. The molecule has 0 radical (unpaired) electrons. The third-order valence-electron chi connectivity index (χ3n) is 5.28. The molecular weight excluding hydrogens is 358 g/mol. The first-order valence-electron chi connectivity index (χ1n) is 10.3. The van der Waals surface area contributed by atoms with Gasteiger partial charge in [-0.15, -0.1) is 0 Å². The van der Waals surface area contributed by atoms with Crippen LogP contribution in [0.4, 0.5) is 0 Å². The van der Waals surface area contributed by atoms with Gasteiger partial charge in [0.1, 0.15) is 5.75 Å². The minimum absolute atomic E-state index is 0.150. The molecule has 2 heterocycles. The van der Waals surface area contributed by atoms with Crippen LogP contribution in [0.25, 0.3) is 0 Å². The maximum Gasteiger partial charge on any atom is 0.223 e. The van der Waals surface area contributed by atoms with Crippen molar-refractivity contribution in [3.8, 4) is 5.75 Å². The zero-order valence-electron chi connectivity index (χ0n) is 16.6. The Kier molecular flexibility index (Phi) is 8.11. The summed E-state index contributed by atoms with van der Waals surface area (Å²) in [6.07, 6.45) is 1.73. The molecule has 0 spiro atoms. The lowest BCUT2D eigenvalue weighted by Gasteiger charge is -2.35. The lowest BCUT2D eigenvalue weighted by Crippen LogP contribution is -2.51. The average Bonchev–Trinajstić information content (AvgIpc) is 2.76. The van der Waals surface area contributed by atoms with Gasteiger partial charge in [-0.1, -0.05) is 18.2 Å². The highest BCUT2D eigenvalue weighted by atomic mass is 16.5. The first-order valence-corrected chi connectivity index (χ1v) is 10.3. The molecule has 0 N–H and O–H groups in total. The Labute approximate surface area is 167 Å². The van der Waals surface area contributed by atoms with Gasteiger partial charge in [-0.05, 0) is 18.6 Å². The van der Waals surface area contributed by atoms with E-state index in [-0.39, 0.29) is 11.8 Å². The van der Waals surface area contributed by atoms with Crippen molar-refractivity contribution in [1.82, 2.24) is 14.7 Å². The number of piperazine rings is 1. The van der Waals surface area contributed by atoms with Crippen molar-refractivity contribution < 1.29 is 19.1 Å². The maximum atomic E-state index is 12.4. The zero-order valence-corrected chi connectivity index (χ0v) is 16.6. The number of nitrogens with zero attached hydrogens (tertiary/aromatic N) is 3. The normalized spacial score (nSPS) is 18.1. The zero-order chi connectivity index (χ0) is 19.6. The molecule has 2 saturated heterocycles. The second kappa shape index (κ2) is 11.0. The molecule has 3 rings (SSSR count). The Bertz CT molecular complexity index is 611. The predicted molar refractivity (Wildman–Crippen MR) is 106 cm³/mol. The van der Waals surface area contributed by atoms with E-state index < -0.39 is 0 Å². The van der Waals surface area contributed by atoms with Crippen molar-refractivity contribution in [1.29, 1.82) is 0 Å². The third-order valence-corrected chi connectivity index (χ3v) is 5.28. The number of rotatable bonds is 8. The predicted octanol–water partition coefficient (Wildman–Crippen LogP) is 1.24. The third kappa shape index (κ3) is 6.49. The first-order chi connectivity index (χ1) is 13.7. The fourth-order valence-corrected chi connectivity index (χ4v) is 3.53. The second-order valence-electron chi connectivity index (χ2n) is 7.23. The van der Waals surface area contributed by atoms with Crippen LogP contribution < -0.4 is 4.74 Å². The largest absolute Gasteiger partial charge is 0.494 e. The topological polar surface area (TPSA) is 62.3 Å². The van der Waals surface area contributed by atoms with Gasteiger partial charge in [0.05, 0.1) is 19.8 Å². The number of amides is 2. The number of hydrogen-bond donors (Lipinski definition) is 0. The van der Waals surface area contributed by atoms with Crippen molar-refractivity contribution in [3.63, 3.8) is 0 Å². The van der Waals surface area contributed by atoms with E-state index in [4.69, 9.17) is 9.47 Å². The van der Waals surface area contributed by atoms with Gasteiger partial charge in [0.25, 0.3) is 0 Å². The monoisotopic (exact) mass is 389 g/mol. The SMILES string of the molecule is O=C(CCCOc1ccccc1)N1CCN(C(=O)CCN2CCOCC2)CC1. The number of benzene rings is 1. The van der Waals surface area contributed by atoms with E-state index >= 15 is 0 Å². The minimum Gasteiger partial charge on any atom is -0.494 e. The number of para-hydroxylation sites is 1. The minimum atomic E-state index is 0.150. The Hall–Kier alpha value is -2.12. The van der Waals surface area contributed by atoms with Crippen molar-refractivity contribution in [3.05, 3.63) is 30.3 Å². The average molecular weight is 389 g/mol. The smallest absolute Gasteiger partial charge is 0.223 e. The molecular formula is C21H31N3O4. The number of carbonyl (C=O) groups is 2. The quantitative estimate of drug-likeness (QED) is 0.626. The summed E-state index contributed by atoms with van der Waals surface area (Å²) < 4.78 is 11.0. The van der Waals surface area contributed by atoms with E-state index in [2.05, 4.69) is 4.90 Å². The molecule has 0 atom stereocenters. The number of morpholine rings is 1. The number of ether oxygens (including phenoxy) is 2. The van der Waals surface area contributed by atoms with Crippen LogP contribution >= 0.6 is 0 Å². The Morgan fingerprint density at radius 2 is 1.46 bits per heavy atom. The highest BCUT2D eigenvalue weighted by molar-refractivity contribution is 5.78. The standard InChI is InChI=1S/C21H31N3O4/c25-20(7-4-16-28-19-5-2-1-3-6-19)23-10-12-24(13-11-23)21(26)8-9-22-14-17-27-18-15-22/h1-3,5-6H,4,7-18H2. The lowest BCUT2D eigenvalue weighted by molar-refractivity contribution is -0.140. The Balaban J connectivity index is 1.28. The van der Waals surface area contributed by atoms with Crippen molar-refractivity contribution in [2.24, 2.45) is 0 Å². The summed E-state index contributed by atoms with van der Waals surface area (Å²) in [7, 11) is 0. The second-order valence-corrected chi connectivity index (χ2v) is 7.23. The van der Waals surface area contributed by atoms with Crippen LogP contribution in [-0.4, -0.2) is 92.1 Å². The van der Waals surface area contributed by atoms with Crippen LogP contribution in [0.5, 0.6) is 5.75 Å². The van der Waals surface area contributed by atoms with Crippen LogP contribution in [0.2, 0.25) is 0 Å². The molecule has 1 aromatic carbocycles. The van der Waals surface area contributed by atoms with Crippen molar-refractivity contribution in [2.45, 2.75) is 19.3 Å². The van der Waals surface area contributed by atoms with Crippen LogP contribution in [0.3, 0.4) is 0 Å². The van der Waals surface area contributed by atoms with E-state index in [1.54, 1.807) is 0 Å². The number of hydrogen-bond acceptors (Lipinski definition) is 5. The van der Waals surface area contributed by atoms with E-state index in [0.29, 0.717) is 52.0 Å². The molecule has 7 heteroatoms. The summed E-state index contributed by atoms with van der Waals surface area (Å²) in [5, 5.41) is 0. The molecule has 0 aromatic heterocycles. The maximum absolute atomic E-state index is 12.4. The van der Waals surface area contributed by atoms with Gasteiger partial charge in [0.2, 0.25) is 11.8 Å².